The van der Waals surface area contributed by atoms with E-state index in [1.165, 1.54) is 0 Å². The quantitative estimate of drug-likeness (QED) is 0.538. The minimum Gasteiger partial charge on any atom is -0.380 e. The Balaban J connectivity index is 4.05. The summed E-state index contributed by atoms with van der Waals surface area (Å²) in [5, 5.41) is 9.55. The maximum atomic E-state index is 9.55. The number of allylic oxidation sites excluding steroid dienone is 1. The maximum absolute atomic E-state index is 9.55. The summed E-state index contributed by atoms with van der Waals surface area (Å²) < 4.78 is 10.6. The molecule has 0 aromatic rings. The molecule has 1 N–H and O–H groups in total. The van der Waals surface area contributed by atoms with Crippen molar-refractivity contribution in [1.82, 2.24) is 0 Å². The van der Waals surface area contributed by atoms with Gasteiger partial charge in [-0.3, -0.25) is 0 Å². The summed E-state index contributed by atoms with van der Waals surface area (Å²) in [6, 6.07) is 0. The van der Waals surface area contributed by atoms with E-state index in [0.29, 0.717) is 19.6 Å². The molecule has 0 aromatic carbocycles. The highest BCUT2D eigenvalue weighted by Crippen LogP contribution is 2.04. The molecule has 0 saturated heterocycles. The molecule has 0 aliphatic heterocycles. The van der Waals surface area contributed by atoms with E-state index in [0.717, 1.165) is 5.57 Å². The van der Waals surface area contributed by atoms with Crippen molar-refractivity contribution in [3.63, 3.8) is 0 Å². The summed E-state index contributed by atoms with van der Waals surface area (Å²) in [6.45, 7) is 10.3. The first-order valence-electron chi connectivity index (χ1n) is 5.18. The fourth-order valence-electron chi connectivity index (χ4n) is 1.00. The number of hydrogen-bond acceptors (Lipinski definition) is 3. The topological polar surface area (TPSA) is 38.7 Å². The Kier molecular flexibility index (Phi) is 8.02. The third kappa shape index (κ3) is 8.19. The smallest absolute Gasteiger partial charge is 0.160 e. The Morgan fingerprint density at radius 3 is 2.27 bits per heavy atom. The summed E-state index contributed by atoms with van der Waals surface area (Å²) >= 11 is 0. The second-order valence-electron chi connectivity index (χ2n) is 3.14. The SMILES string of the molecule is C=C(C)C#CC(O)CC(OCC)OCC. The van der Waals surface area contributed by atoms with Crippen molar-refractivity contribution < 1.29 is 14.6 Å². The molecule has 0 spiro atoms. The molecular formula is C12H20O3. The summed E-state index contributed by atoms with van der Waals surface area (Å²) in [4.78, 5) is 0. The van der Waals surface area contributed by atoms with E-state index >= 15 is 0 Å². The molecule has 0 amide bonds. The van der Waals surface area contributed by atoms with Gasteiger partial charge in [0.1, 0.15) is 6.10 Å². The average molecular weight is 212 g/mol. The molecule has 0 radical (unpaired) electrons. The van der Waals surface area contributed by atoms with Crippen LogP contribution in [-0.4, -0.2) is 30.7 Å². The Labute approximate surface area is 92.1 Å². The predicted molar refractivity (Wildman–Crippen MR) is 60.3 cm³/mol. The van der Waals surface area contributed by atoms with E-state index in [9.17, 15) is 5.11 Å². The molecule has 0 bridgehead atoms. The van der Waals surface area contributed by atoms with Crippen molar-refractivity contribution in [1.29, 1.82) is 0 Å². The lowest BCUT2D eigenvalue weighted by molar-refractivity contribution is -0.148. The number of ether oxygens (including phenoxy) is 2. The molecule has 3 nitrogen and oxygen atoms in total. The van der Waals surface area contributed by atoms with E-state index in [4.69, 9.17) is 9.47 Å². The Bertz CT molecular complexity index is 231. The molecule has 0 aromatic heterocycles. The van der Waals surface area contributed by atoms with Gasteiger partial charge < -0.3 is 14.6 Å². The lowest BCUT2D eigenvalue weighted by atomic mass is 10.2. The average Bonchev–Trinajstić information content (AvgIpc) is 2.15. The summed E-state index contributed by atoms with van der Waals surface area (Å²) in [5.41, 5.74) is 0.735. The molecular weight excluding hydrogens is 192 g/mol. The lowest BCUT2D eigenvalue weighted by Gasteiger charge is -2.17. The van der Waals surface area contributed by atoms with Crippen LogP contribution < -0.4 is 0 Å². The number of aliphatic hydroxyl groups excluding tert-OH is 1. The highest BCUT2D eigenvalue weighted by Gasteiger charge is 2.12. The molecule has 0 aliphatic rings. The first-order chi connectivity index (χ1) is 7.10. The van der Waals surface area contributed by atoms with Crippen LogP contribution in [0.25, 0.3) is 0 Å². The molecule has 0 saturated carbocycles. The molecule has 1 atom stereocenters. The molecule has 3 heteroatoms. The zero-order valence-electron chi connectivity index (χ0n) is 9.75. The Morgan fingerprint density at radius 1 is 1.33 bits per heavy atom. The number of hydrogen-bond donors (Lipinski definition) is 1. The van der Waals surface area contributed by atoms with Gasteiger partial charge in [-0.25, -0.2) is 0 Å². The third-order valence-electron chi connectivity index (χ3n) is 1.57. The van der Waals surface area contributed by atoms with Crippen LogP contribution in [0.3, 0.4) is 0 Å². The first-order valence-corrected chi connectivity index (χ1v) is 5.18. The third-order valence-corrected chi connectivity index (χ3v) is 1.57. The monoisotopic (exact) mass is 212 g/mol. The normalized spacial score (nSPS) is 12.1. The second-order valence-corrected chi connectivity index (χ2v) is 3.14. The van der Waals surface area contributed by atoms with E-state index in [2.05, 4.69) is 18.4 Å². The van der Waals surface area contributed by atoms with Crippen molar-refractivity contribution in [2.24, 2.45) is 0 Å². The van der Waals surface area contributed by atoms with Crippen molar-refractivity contribution in [2.45, 2.75) is 39.6 Å². The lowest BCUT2D eigenvalue weighted by Crippen LogP contribution is -2.23. The largest absolute Gasteiger partial charge is 0.380 e. The van der Waals surface area contributed by atoms with Gasteiger partial charge in [-0.2, -0.15) is 0 Å². The second kappa shape index (κ2) is 8.49. The Morgan fingerprint density at radius 2 is 1.87 bits per heavy atom. The van der Waals surface area contributed by atoms with Crippen LogP contribution in [0.2, 0.25) is 0 Å². The molecule has 0 fully saturated rings. The summed E-state index contributed by atoms with van der Waals surface area (Å²) in [6.07, 6.45) is -0.749. The zero-order valence-corrected chi connectivity index (χ0v) is 9.75. The van der Waals surface area contributed by atoms with E-state index in [1.807, 2.05) is 13.8 Å². The standard InChI is InChI=1S/C12H20O3/c1-5-14-12(15-6-2)9-11(13)8-7-10(3)4/h11-13H,3,5-6,9H2,1-2,4H3. The van der Waals surface area contributed by atoms with E-state index < -0.39 is 6.10 Å². The molecule has 0 aliphatic carbocycles. The van der Waals surface area contributed by atoms with Crippen molar-refractivity contribution in [3.05, 3.63) is 12.2 Å². The van der Waals surface area contributed by atoms with E-state index in [1.54, 1.807) is 6.92 Å². The van der Waals surface area contributed by atoms with Gasteiger partial charge in [-0.15, -0.1) is 0 Å². The van der Waals surface area contributed by atoms with Gasteiger partial charge in [0.15, 0.2) is 6.29 Å². The molecule has 1 unspecified atom stereocenters. The summed E-state index contributed by atoms with van der Waals surface area (Å²) in [5.74, 6) is 5.40. The molecule has 0 heterocycles. The van der Waals surface area contributed by atoms with Crippen molar-refractivity contribution >= 4 is 0 Å². The number of aliphatic hydroxyl groups is 1. The number of rotatable bonds is 6. The van der Waals surface area contributed by atoms with Gasteiger partial charge in [-0.1, -0.05) is 18.4 Å². The minimum atomic E-state index is -0.732. The van der Waals surface area contributed by atoms with Crippen LogP contribution in [-0.2, 0) is 9.47 Å². The maximum Gasteiger partial charge on any atom is 0.160 e. The summed E-state index contributed by atoms with van der Waals surface area (Å²) in [7, 11) is 0. The van der Waals surface area contributed by atoms with Gasteiger partial charge in [0, 0.05) is 19.6 Å². The first kappa shape index (κ1) is 14.2. The Hall–Kier alpha value is -0.820. The van der Waals surface area contributed by atoms with Crippen LogP contribution in [0, 0.1) is 11.8 Å². The molecule has 0 rings (SSSR count). The van der Waals surface area contributed by atoms with Gasteiger partial charge in [0.05, 0.1) is 0 Å². The minimum absolute atomic E-state index is 0.363. The van der Waals surface area contributed by atoms with Crippen LogP contribution in [0.4, 0.5) is 0 Å². The zero-order chi connectivity index (χ0) is 11.7. The fourth-order valence-corrected chi connectivity index (χ4v) is 1.00. The van der Waals surface area contributed by atoms with Crippen LogP contribution >= 0.6 is 0 Å². The van der Waals surface area contributed by atoms with E-state index in [-0.39, 0.29) is 6.29 Å². The van der Waals surface area contributed by atoms with Gasteiger partial charge >= 0.3 is 0 Å². The van der Waals surface area contributed by atoms with Crippen LogP contribution in [0.15, 0.2) is 12.2 Å². The van der Waals surface area contributed by atoms with Crippen molar-refractivity contribution in [3.8, 4) is 11.8 Å². The fraction of sp³-hybridized carbons (Fsp3) is 0.667. The highest BCUT2D eigenvalue weighted by molar-refractivity contribution is 5.24. The van der Waals surface area contributed by atoms with Crippen molar-refractivity contribution in [2.75, 3.05) is 13.2 Å². The van der Waals surface area contributed by atoms with Crippen LogP contribution in [0.1, 0.15) is 27.2 Å². The van der Waals surface area contributed by atoms with Gasteiger partial charge in [0.2, 0.25) is 0 Å². The predicted octanol–water partition coefficient (Wildman–Crippen LogP) is 1.72. The molecule has 15 heavy (non-hydrogen) atoms. The van der Waals surface area contributed by atoms with Crippen LogP contribution in [0.5, 0.6) is 0 Å². The highest BCUT2D eigenvalue weighted by atomic mass is 16.7. The van der Waals surface area contributed by atoms with Gasteiger partial charge in [-0.05, 0) is 26.3 Å². The molecule has 86 valence electrons. The van der Waals surface area contributed by atoms with Gasteiger partial charge in [0.25, 0.3) is 0 Å².